The number of hydrogen-bond donors (Lipinski definition) is 3. The van der Waals surface area contributed by atoms with E-state index in [1.54, 1.807) is 12.1 Å². The molecule has 0 radical (unpaired) electrons. The average molecular weight is 357 g/mol. The fraction of sp³-hybridized carbons (Fsp3) is 0.450. The molecule has 6 nitrogen and oxygen atoms in total. The lowest BCUT2D eigenvalue weighted by atomic mass is 9.84. The van der Waals surface area contributed by atoms with Gasteiger partial charge in [-0.2, -0.15) is 5.10 Å². The van der Waals surface area contributed by atoms with Crippen LogP contribution in [0.2, 0.25) is 0 Å². The van der Waals surface area contributed by atoms with Crippen molar-refractivity contribution in [1.82, 2.24) is 0 Å². The van der Waals surface area contributed by atoms with Gasteiger partial charge in [0.1, 0.15) is 5.75 Å². The molecule has 0 atom stereocenters. The molecule has 1 aliphatic rings. The summed E-state index contributed by atoms with van der Waals surface area (Å²) in [5.41, 5.74) is 5.85. The Hall–Kier alpha value is -2.63. The molecule has 140 valence electrons. The van der Waals surface area contributed by atoms with Gasteiger partial charge >= 0.3 is 5.97 Å². The number of nitrogens with one attached hydrogen (secondary N) is 2. The number of benzene rings is 1. The van der Waals surface area contributed by atoms with Crippen molar-refractivity contribution in [2.24, 2.45) is 5.10 Å². The molecular weight excluding hydrogens is 330 g/mol. The fourth-order valence-electron chi connectivity index (χ4n) is 2.74. The van der Waals surface area contributed by atoms with Gasteiger partial charge in [0.15, 0.2) is 0 Å². The number of phenolic OH excluding ortho intramolecular Hbond substituents is 1. The third kappa shape index (κ3) is 4.94. The lowest BCUT2D eigenvalue weighted by Gasteiger charge is -2.23. The standard InChI is InChI=1S/C20H27N3O3/c1-20(2,3)14-11-13(9-10-18(24)26-4)12-17(19(14)25)23-22-16-8-6-5-7-15(16)21/h5,7,11-12,21,23,25H,6,8-10H2,1-4H3/b21-15?,22-16-. The first-order valence-corrected chi connectivity index (χ1v) is 8.73. The van der Waals surface area contributed by atoms with Crippen LogP contribution in [-0.2, 0) is 21.4 Å². The van der Waals surface area contributed by atoms with Gasteiger partial charge in [-0.25, -0.2) is 0 Å². The van der Waals surface area contributed by atoms with E-state index in [-0.39, 0.29) is 23.6 Å². The van der Waals surface area contributed by atoms with E-state index in [0.29, 0.717) is 30.0 Å². The summed E-state index contributed by atoms with van der Waals surface area (Å²) in [6.45, 7) is 6.05. The van der Waals surface area contributed by atoms with Crippen molar-refractivity contribution in [1.29, 1.82) is 5.41 Å². The summed E-state index contributed by atoms with van der Waals surface area (Å²) in [6, 6.07) is 3.71. The molecule has 26 heavy (non-hydrogen) atoms. The second kappa shape index (κ2) is 8.17. The van der Waals surface area contributed by atoms with Crippen LogP contribution in [0.25, 0.3) is 0 Å². The Kier molecular flexibility index (Phi) is 6.18. The van der Waals surface area contributed by atoms with Crippen LogP contribution in [0, 0.1) is 5.41 Å². The Labute approximate surface area is 154 Å². The van der Waals surface area contributed by atoms with Crippen LogP contribution in [0.15, 0.2) is 29.4 Å². The lowest BCUT2D eigenvalue weighted by molar-refractivity contribution is -0.140. The van der Waals surface area contributed by atoms with Crippen LogP contribution in [0.5, 0.6) is 5.75 Å². The highest BCUT2D eigenvalue weighted by Gasteiger charge is 2.22. The minimum atomic E-state index is -0.271. The Balaban J connectivity index is 2.33. The molecule has 0 aromatic heterocycles. The average Bonchev–Trinajstić information content (AvgIpc) is 2.59. The molecule has 0 saturated heterocycles. The fourth-order valence-corrected chi connectivity index (χ4v) is 2.74. The zero-order chi connectivity index (χ0) is 19.3. The topological polar surface area (TPSA) is 94.8 Å². The SMILES string of the molecule is COC(=O)CCc1cc(N/N=C2/CCC=CC2=N)c(O)c(C(C)(C)C)c1. The van der Waals surface area contributed by atoms with Crippen molar-refractivity contribution in [2.45, 2.75) is 51.9 Å². The predicted molar refractivity (Wildman–Crippen MR) is 104 cm³/mol. The minimum absolute atomic E-state index is 0.140. The zero-order valence-corrected chi connectivity index (χ0v) is 15.8. The van der Waals surface area contributed by atoms with Crippen LogP contribution in [0.4, 0.5) is 5.69 Å². The van der Waals surface area contributed by atoms with Crippen molar-refractivity contribution < 1.29 is 14.6 Å². The van der Waals surface area contributed by atoms with E-state index >= 15 is 0 Å². The molecule has 0 heterocycles. The number of aromatic hydroxyl groups is 1. The summed E-state index contributed by atoms with van der Waals surface area (Å²) in [6.07, 6.45) is 6.01. The quantitative estimate of drug-likeness (QED) is 0.423. The molecular formula is C20H27N3O3. The zero-order valence-electron chi connectivity index (χ0n) is 15.8. The number of methoxy groups -OCH3 is 1. The van der Waals surface area contributed by atoms with E-state index in [0.717, 1.165) is 17.5 Å². The number of nitrogens with zero attached hydrogens (tertiary/aromatic N) is 1. The minimum Gasteiger partial charge on any atom is -0.505 e. The van der Waals surface area contributed by atoms with Crippen molar-refractivity contribution in [3.8, 4) is 5.75 Å². The molecule has 1 aromatic carbocycles. The number of esters is 1. The number of phenols is 1. The second-order valence-corrected chi connectivity index (χ2v) is 7.39. The number of aryl methyl sites for hydroxylation is 1. The van der Waals surface area contributed by atoms with E-state index < -0.39 is 0 Å². The second-order valence-electron chi connectivity index (χ2n) is 7.39. The van der Waals surface area contributed by atoms with Crippen molar-refractivity contribution in [3.63, 3.8) is 0 Å². The van der Waals surface area contributed by atoms with Crippen molar-refractivity contribution in [2.75, 3.05) is 12.5 Å². The maximum Gasteiger partial charge on any atom is 0.305 e. The number of rotatable bonds is 5. The van der Waals surface area contributed by atoms with Gasteiger partial charge in [-0.15, -0.1) is 0 Å². The number of allylic oxidation sites excluding steroid dienone is 2. The van der Waals surface area contributed by atoms with Gasteiger partial charge in [-0.05, 0) is 42.4 Å². The summed E-state index contributed by atoms with van der Waals surface area (Å²) in [5.74, 6) is -0.130. The highest BCUT2D eigenvalue weighted by molar-refractivity contribution is 6.46. The first-order chi connectivity index (χ1) is 12.2. The monoisotopic (exact) mass is 357 g/mol. The van der Waals surface area contributed by atoms with Crippen molar-refractivity contribution in [3.05, 3.63) is 35.4 Å². The summed E-state index contributed by atoms with van der Waals surface area (Å²) in [5, 5.41) is 22.9. The van der Waals surface area contributed by atoms with E-state index in [4.69, 9.17) is 10.1 Å². The van der Waals surface area contributed by atoms with Gasteiger partial charge in [0.05, 0.1) is 24.2 Å². The highest BCUT2D eigenvalue weighted by Crippen LogP contribution is 2.37. The molecule has 3 N–H and O–H groups in total. The summed E-state index contributed by atoms with van der Waals surface area (Å²) >= 11 is 0. The molecule has 2 rings (SSSR count). The van der Waals surface area contributed by atoms with E-state index in [1.165, 1.54) is 7.11 Å². The molecule has 6 heteroatoms. The lowest BCUT2D eigenvalue weighted by Crippen LogP contribution is -2.16. The van der Waals surface area contributed by atoms with Crippen LogP contribution in [-0.4, -0.2) is 29.6 Å². The Morgan fingerprint density at radius 3 is 2.73 bits per heavy atom. The molecule has 0 aliphatic heterocycles. The molecule has 0 unspecified atom stereocenters. The number of hydrazone groups is 1. The number of hydrogen-bond acceptors (Lipinski definition) is 6. The van der Waals surface area contributed by atoms with Gasteiger partial charge in [-0.1, -0.05) is 32.9 Å². The Morgan fingerprint density at radius 2 is 2.12 bits per heavy atom. The third-order valence-corrected chi connectivity index (χ3v) is 4.28. The third-order valence-electron chi connectivity index (χ3n) is 4.28. The molecule has 0 fully saturated rings. The summed E-state index contributed by atoms with van der Waals surface area (Å²) in [7, 11) is 1.37. The van der Waals surface area contributed by atoms with E-state index in [1.807, 2.05) is 32.9 Å². The van der Waals surface area contributed by atoms with Gasteiger partial charge < -0.3 is 9.84 Å². The van der Waals surface area contributed by atoms with Crippen LogP contribution in [0.1, 0.15) is 51.2 Å². The van der Waals surface area contributed by atoms with Crippen molar-refractivity contribution >= 4 is 23.1 Å². The number of ether oxygens (including phenoxy) is 1. The molecule has 0 amide bonds. The van der Waals surface area contributed by atoms with Gasteiger partial charge in [-0.3, -0.25) is 15.6 Å². The number of anilines is 1. The smallest absolute Gasteiger partial charge is 0.305 e. The van der Waals surface area contributed by atoms with E-state index in [2.05, 4.69) is 10.5 Å². The highest BCUT2D eigenvalue weighted by atomic mass is 16.5. The van der Waals surface area contributed by atoms with Crippen LogP contribution in [0.3, 0.4) is 0 Å². The maximum atomic E-state index is 11.4. The van der Waals surface area contributed by atoms with Crippen LogP contribution >= 0.6 is 0 Å². The Morgan fingerprint density at radius 1 is 1.38 bits per heavy atom. The number of carbonyl (C=O) groups is 1. The maximum absolute atomic E-state index is 11.4. The summed E-state index contributed by atoms with van der Waals surface area (Å²) < 4.78 is 4.71. The number of carbonyl (C=O) groups excluding carboxylic acids is 1. The molecule has 0 spiro atoms. The molecule has 1 aliphatic carbocycles. The largest absolute Gasteiger partial charge is 0.505 e. The molecule has 0 saturated carbocycles. The molecule has 1 aromatic rings. The van der Waals surface area contributed by atoms with E-state index in [9.17, 15) is 9.90 Å². The van der Waals surface area contributed by atoms with Crippen LogP contribution < -0.4 is 5.43 Å². The molecule has 0 bridgehead atoms. The van der Waals surface area contributed by atoms with Gasteiger partial charge in [0, 0.05) is 12.0 Å². The first kappa shape index (κ1) is 19.7. The Bertz CT molecular complexity index is 758. The van der Waals surface area contributed by atoms with Gasteiger partial charge in [0.2, 0.25) is 0 Å². The normalized spacial score (nSPS) is 16.0. The summed E-state index contributed by atoms with van der Waals surface area (Å²) in [4.78, 5) is 11.4. The van der Waals surface area contributed by atoms with Gasteiger partial charge in [0.25, 0.3) is 0 Å². The predicted octanol–water partition coefficient (Wildman–Crippen LogP) is 3.93. The first-order valence-electron chi connectivity index (χ1n) is 8.73.